The lowest BCUT2D eigenvalue weighted by Crippen LogP contribution is -3.15. The molecule has 1 heterocycles. The van der Waals surface area contributed by atoms with Crippen LogP contribution in [0.1, 0.15) is 24.5 Å². The summed E-state index contributed by atoms with van der Waals surface area (Å²) in [5, 5.41) is 7.19. The zero-order valence-electron chi connectivity index (χ0n) is 14.9. The number of nitrogens with zero attached hydrogens (tertiary/aromatic N) is 1. The molecule has 1 aliphatic rings. The molecule has 1 aromatic carbocycles. The molecule has 1 aliphatic heterocycles. The molecule has 0 bridgehead atoms. The third-order valence-electron chi connectivity index (χ3n) is 4.44. The summed E-state index contributed by atoms with van der Waals surface area (Å²) in [7, 11) is 0. The summed E-state index contributed by atoms with van der Waals surface area (Å²) < 4.78 is 0. The van der Waals surface area contributed by atoms with Crippen LogP contribution in [-0.4, -0.2) is 55.2 Å². The number of carbonyl (C=O) groups excluding carboxylic acids is 1. The number of piperazine rings is 1. The largest absolute Gasteiger partial charge is 0.363 e. The number of anilines is 1. The molecule has 1 amide bonds. The molecule has 132 valence electrons. The van der Waals surface area contributed by atoms with E-state index < -0.39 is 0 Å². The molecular formula is C18H29N4OS+. The molecule has 1 aromatic rings. The first-order valence-corrected chi connectivity index (χ1v) is 9.14. The Morgan fingerprint density at radius 2 is 1.88 bits per heavy atom. The SMILES string of the molecule is CCCNC(=S)N1CC[NH+](CC(=O)Nc2c(C)cccc2C)CC1. The summed E-state index contributed by atoms with van der Waals surface area (Å²) in [5.41, 5.74) is 3.16. The van der Waals surface area contributed by atoms with Gasteiger partial charge in [0.05, 0.1) is 26.2 Å². The van der Waals surface area contributed by atoms with Crippen molar-refractivity contribution >= 4 is 28.9 Å². The van der Waals surface area contributed by atoms with Crippen LogP contribution in [0.5, 0.6) is 0 Å². The third kappa shape index (κ3) is 5.18. The van der Waals surface area contributed by atoms with Crippen LogP contribution in [0.25, 0.3) is 0 Å². The van der Waals surface area contributed by atoms with Gasteiger partial charge in [-0.3, -0.25) is 4.79 Å². The number of carbonyl (C=O) groups is 1. The Balaban J connectivity index is 1.79. The lowest BCUT2D eigenvalue weighted by molar-refractivity contribution is -0.895. The molecule has 1 fully saturated rings. The third-order valence-corrected chi connectivity index (χ3v) is 4.84. The molecule has 0 spiro atoms. The highest BCUT2D eigenvalue weighted by Crippen LogP contribution is 2.18. The minimum atomic E-state index is 0.0857. The number of amides is 1. The van der Waals surface area contributed by atoms with Crippen molar-refractivity contribution in [3.8, 4) is 0 Å². The monoisotopic (exact) mass is 349 g/mol. The van der Waals surface area contributed by atoms with E-state index in [0.29, 0.717) is 6.54 Å². The fourth-order valence-electron chi connectivity index (χ4n) is 2.97. The zero-order chi connectivity index (χ0) is 17.5. The Morgan fingerprint density at radius 1 is 1.25 bits per heavy atom. The van der Waals surface area contributed by atoms with E-state index in [1.807, 2.05) is 32.0 Å². The zero-order valence-corrected chi connectivity index (χ0v) is 15.8. The standard InChI is InChI=1S/C18H28N4OS/c1-4-8-19-18(24)22-11-9-21(10-12-22)13-16(23)20-17-14(2)6-5-7-15(17)3/h5-7H,4,8-13H2,1-3H3,(H,19,24)(H,20,23)/p+1. The Bertz CT molecular complexity index is 562. The highest BCUT2D eigenvalue weighted by Gasteiger charge is 2.23. The normalized spacial score (nSPS) is 15.2. The van der Waals surface area contributed by atoms with Crippen molar-refractivity contribution in [2.75, 3.05) is 44.6 Å². The van der Waals surface area contributed by atoms with Gasteiger partial charge < -0.3 is 20.4 Å². The maximum atomic E-state index is 12.4. The molecule has 0 atom stereocenters. The highest BCUT2D eigenvalue weighted by atomic mass is 32.1. The van der Waals surface area contributed by atoms with E-state index in [1.54, 1.807) is 0 Å². The van der Waals surface area contributed by atoms with Crippen molar-refractivity contribution in [3.63, 3.8) is 0 Å². The van der Waals surface area contributed by atoms with E-state index >= 15 is 0 Å². The second-order valence-electron chi connectivity index (χ2n) is 6.46. The van der Waals surface area contributed by atoms with Gasteiger partial charge in [0.15, 0.2) is 11.7 Å². The van der Waals surface area contributed by atoms with Gasteiger partial charge >= 0.3 is 0 Å². The van der Waals surface area contributed by atoms with Crippen LogP contribution < -0.4 is 15.5 Å². The smallest absolute Gasteiger partial charge is 0.279 e. The molecular weight excluding hydrogens is 320 g/mol. The van der Waals surface area contributed by atoms with Crippen molar-refractivity contribution in [1.29, 1.82) is 0 Å². The van der Waals surface area contributed by atoms with Crippen molar-refractivity contribution < 1.29 is 9.69 Å². The van der Waals surface area contributed by atoms with E-state index in [0.717, 1.165) is 61.1 Å². The predicted octanol–water partition coefficient (Wildman–Crippen LogP) is 0.727. The van der Waals surface area contributed by atoms with Gasteiger partial charge in [-0.1, -0.05) is 25.1 Å². The van der Waals surface area contributed by atoms with E-state index in [4.69, 9.17) is 12.2 Å². The molecule has 6 heteroatoms. The average Bonchev–Trinajstić information content (AvgIpc) is 2.57. The summed E-state index contributed by atoms with van der Waals surface area (Å²) >= 11 is 5.41. The van der Waals surface area contributed by atoms with Gasteiger partial charge in [-0.15, -0.1) is 0 Å². The van der Waals surface area contributed by atoms with Gasteiger partial charge in [0.1, 0.15) is 0 Å². The molecule has 0 unspecified atom stereocenters. The number of rotatable bonds is 5. The van der Waals surface area contributed by atoms with E-state index in [1.165, 1.54) is 4.90 Å². The Hall–Kier alpha value is -1.66. The predicted molar refractivity (Wildman–Crippen MR) is 103 cm³/mol. The number of hydrogen-bond donors (Lipinski definition) is 3. The Labute approximate surface area is 150 Å². The van der Waals surface area contributed by atoms with Crippen LogP contribution in [0.15, 0.2) is 18.2 Å². The van der Waals surface area contributed by atoms with Crippen LogP contribution in [0.4, 0.5) is 5.69 Å². The number of thiocarbonyl (C=S) groups is 1. The summed E-state index contributed by atoms with van der Waals surface area (Å²) in [6, 6.07) is 6.07. The Kier molecular flexibility index (Phi) is 6.99. The van der Waals surface area contributed by atoms with Crippen molar-refractivity contribution in [2.45, 2.75) is 27.2 Å². The van der Waals surface area contributed by atoms with Crippen molar-refractivity contribution in [3.05, 3.63) is 29.3 Å². The lowest BCUT2D eigenvalue weighted by atomic mass is 10.1. The number of nitrogens with one attached hydrogen (secondary N) is 3. The fourth-order valence-corrected chi connectivity index (χ4v) is 3.25. The minimum absolute atomic E-state index is 0.0857. The average molecular weight is 350 g/mol. The van der Waals surface area contributed by atoms with Crippen LogP contribution >= 0.6 is 12.2 Å². The van der Waals surface area contributed by atoms with Gasteiger partial charge in [-0.25, -0.2) is 0 Å². The number of para-hydroxylation sites is 1. The highest BCUT2D eigenvalue weighted by molar-refractivity contribution is 7.80. The topological polar surface area (TPSA) is 48.8 Å². The first-order valence-electron chi connectivity index (χ1n) is 8.73. The van der Waals surface area contributed by atoms with Crippen LogP contribution in [0.3, 0.4) is 0 Å². The molecule has 1 saturated heterocycles. The number of benzene rings is 1. The van der Waals surface area contributed by atoms with Crippen molar-refractivity contribution in [1.82, 2.24) is 10.2 Å². The fraction of sp³-hybridized carbons (Fsp3) is 0.556. The van der Waals surface area contributed by atoms with Gasteiger partial charge in [0, 0.05) is 12.2 Å². The number of hydrogen-bond acceptors (Lipinski definition) is 2. The van der Waals surface area contributed by atoms with Gasteiger partial charge in [-0.05, 0) is 43.6 Å². The second kappa shape index (κ2) is 8.99. The van der Waals surface area contributed by atoms with E-state index in [2.05, 4.69) is 22.5 Å². The van der Waals surface area contributed by atoms with Gasteiger partial charge in [0.25, 0.3) is 5.91 Å². The van der Waals surface area contributed by atoms with Crippen LogP contribution in [-0.2, 0) is 4.79 Å². The van der Waals surface area contributed by atoms with Crippen LogP contribution in [0, 0.1) is 13.8 Å². The van der Waals surface area contributed by atoms with E-state index in [9.17, 15) is 4.79 Å². The molecule has 0 radical (unpaired) electrons. The number of quaternary nitrogens is 1. The minimum Gasteiger partial charge on any atom is -0.363 e. The molecule has 3 N–H and O–H groups in total. The summed E-state index contributed by atoms with van der Waals surface area (Å²) in [6.45, 7) is 11.3. The summed E-state index contributed by atoms with van der Waals surface area (Å²) in [5.74, 6) is 0.0857. The quantitative estimate of drug-likeness (QED) is 0.686. The van der Waals surface area contributed by atoms with Gasteiger partial charge in [0.2, 0.25) is 0 Å². The lowest BCUT2D eigenvalue weighted by Gasteiger charge is -2.33. The number of aryl methyl sites for hydroxylation is 2. The van der Waals surface area contributed by atoms with Gasteiger partial charge in [-0.2, -0.15) is 0 Å². The molecule has 0 aliphatic carbocycles. The van der Waals surface area contributed by atoms with Crippen LogP contribution in [0.2, 0.25) is 0 Å². The molecule has 0 saturated carbocycles. The second-order valence-corrected chi connectivity index (χ2v) is 6.85. The first-order chi connectivity index (χ1) is 11.5. The molecule has 5 nitrogen and oxygen atoms in total. The molecule has 2 rings (SSSR count). The van der Waals surface area contributed by atoms with Crippen molar-refractivity contribution in [2.24, 2.45) is 0 Å². The maximum absolute atomic E-state index is 12.4. The summed E-state index contributed by atoms with van der Waals surface area (Å²) in [6.07, 6.45) is 1.07. The summed E-state index contributed by atoms with van der Waals surface area (Å²) in [4.78, 5) is 15.9. The first kappa shape index (κ1) is 18.7. The van der Waals surface area contributed by atoms with E-state index in [-0.39, 0.29) is 5.91 Å². The molecule has 24 heavy (non-hydrogen) atoms. The maximum Gasteiger partial charge on any atom is 0.279 e. The molecule has 0 aromatic heterocycles. The Morgan fingerprint density at radius 3 is 2.46 bits per heavy atom.